The molecule has 1 N–H and O–H groups in total. The molecule has 1 atom stereocenters. The van der Waals surface area contributed by atoms with Gasteiger partial charge in [0.2, 0.25) is 0 Å². The van der Waals surface area contributed by atoms with Crippen molar-refractivity contribution in [1.82, 2.24) is 14.9 Å². The predicted octanol–water partition coefficient (Wildman–Crippen LogP) is 3.38. The first-order chi connectivity index (χ1) is 11.1. The van der Waals surface area contributed by atoms with Crippen molar-refractivity contribution < 1.29 is 14.3 Å². The topological polar surface area (TPSA) is 65.4 Å². The lowest BCUT2D eigenvalue weighted by atomic mass is 10.1. The third-order valence-electron chi connectivity index (χ3n) is 3.98. The van der Waals surface area contributed by atoms with E-state index in [0.717, 1.165) is 25.1 Å². The van der Waals surface area contributed by atoms with Crippen molar-refractivity contribution >= 4 is 11.7 Å². The van der Waals surface area contributed by atoms with Gasteiger partial charge in [-0.25, -0.2) is 9.78 Å². The van der Waals surface area contributed by atoms with E-state index >= 15 is 0 Å². The summed E-state index contributed by atoms with van der Waals surface area (Å²) < 4.78 is 12.9. The summed E-state index contributed by atoms with van der Waals surface area (Å²) >= 11 is 0. The van der Waals surface area contributed by atoms with Gasteiger partial charge in [0.05, 0.1) is 30.4 Å². The number of nitrogens with zero attached hydrogens (tertiary/aromatic N) is 2. The molecule has 0 radical (unpaired) electrons. The second kappa shape index (κ2) is 6.97. The average molecular weight is 335 g/mol. The lowest BCUT2D eigenvalue weighted by molar-refractivity contribution is 0.00796. The van der Waals surface area contributed by atoms with Crippen LogP contribution in [0.5, 0.6) is 0 Å². The molecule has 1 unspecified atom stereocenters. The number of rotatable bonds is 5. The van der Waals surface area contributed by atoms with Crippen LogP contribution in [0.25, 0.3) is 5.57 Å². The van der Waals surface area contributed by atoms with E-state index in [2.05, 4.69) is 20.9 Å². The fourth-order valence-electron chi connectivity index (χ4n) is 2.70. The lowest BCUT2D eigenvalue weighted by Gasteiger charge is -2.24. The van der Waals surface area contributed by atoms with Gasteiger partial charge < -0.3 is 19.4 Å². The zero-order chi connectivity index (χ0) is 18.0. The number of carbonyl (C=O) groups excluding carboxylic acids is 1. The van der Waals surface area contributed by atoms with Gasteiger partial charge in [-0.15, -0.1) is 0 Å². The van der Waals surface area contributed by atoms with Crippen LogP contribution in [0.15, 0.2) is 18.6 Å². The standard InChI is InChI=1S/C18H29N3O3/c1-17(2,3)24-16(22)20-14-8-7-13(9-14)15-10-19-12-21(15)11-18(4,5)23-6/h7,10,12,14H,8-9,11H2,1-6H3,(H,20,22). The van der Waals surface area contributed by atoms with Gasteiger partial charge in [-0.3, -0.25) is 0 Å². The SMILES string of the molecule is COC(C)(C)Cn1cncc1C1=CCC(NC(=O)OC(C)(C)C)C1. The van der Waals surface area contributed by atoms with Crippen LogP contribution in [-0.4, -0.2) is 40.0 Å². The monoisotopic (exact) mass is 335 g/mol. The highest BCUT2D eigenvalue weighted by atomic mass is 16.6. The molecule has 1 aromatic rings. The van der Waals surface area contributed by atoms with Crippen molar-refractivity contribution in [1.29, 1.82) is 0 Å². The molecule has 1 aliphatic rings. The minimum Gasteiger partial charge on any atom is -0.444 e. The van der Waals surface area contributed by atoms with Gasteiger partial charge in [-0.2, -0.15) is 0 Å². The maximum atomic E-state index is 11.9. The zero-order valence-electron chi connectivity index (χ0n) is 15.5. The maximum absolute atomic E-state index is 11.9. The van der Waals surface area contributed by atoms with Gasteiger partial charge in [-0.1, -0.05) is 6.08 Å². The summed E-state index contributed by atoms with van der Waals surface area (Å²) in [5.41, 5.74) is 1.53. The second-order valence-corrected chi connectivity index (χ2v) is 7.88. The van der Waals surface area contributed by atoms with Crippen molar-refractivity contribution in [2.24, 2.45) is 0 Å². The molecular formula is C18H29N3O3. The van der Waals surface area contributed by atoms with Crippen LogP contribution < -0.4 is 5.32 Å². The number of carbonyl (C=O) groups is 1. The zero-order valence-corrected chi connectivity index (χ0v) is 15.5. The summed E-state index contributed by atoms with van der Waals surface area (Å²) in [7, 11) is 1.71. The highest BCUT2D eigenvalue weighted by Crippen LogP contribution is 2.29. The number of alkyl carbamates (subject to hydrolysis) is 1. The Morgan fingerprint density at radius 3 is 2.71 bits per heavy atom. The molecule has 1 aliphatic carbocycles. The molecule has 1 aromatic heterocycles. The second-order valence-electron chi connectivity index (χ2n) is 7.88. The number of methoxy groups -OCH3 is 1. The van der Waals surface area contributed by atoms with E-state index in [1.54, 1.807) is 7.11 Å². The van der Waals surface area contributed by atoms with Crippen LogP contribution in [0.1, 0.15) is 53.2 Å². The highest BCUT2D eigenvalue weighted by Gasteiger charge is 2.26. The Kier molecular flexibility index (Phi) is 5.38. The van der Waals surface area contributed by atoms with Gasteiger partial charge in [-0.05, 0) is 53.0 Å². The van der Waals surface area contributed by atoms with Gasteiger partial charge >= 0.3 is 6.09 Å². The van der Waals surface area contributed by atoms with Crippen LogP contribution in [0.3, 0.4) is 0 Å². The number of ether oxygens (including phenoxy) is 2. The van der Waals surface area contributed by atoms with E-state index in [4.69, 9.17) is 9.47 Å². The third-order valence-corrected chi connectivity index (χ3v) is 3.98. The summed E-state index contributed by atoms with van der Waals surface area (Å²) in [6.45, 7) is 10.4. The molecule has 0 aromatic carbocycles. The van der Waals surface area contributed by atoms with E-state index in [0.29, 0.717) is 0 Å². The van der Waals surface area contributed by atoms with E-state index < -0.39 is 5.60 Å². The molecule has 0 spiro atoms. The van der Waals surface area contributed by atoms with Gasteiger partial charge in [0.1, 0.15) is 5.60 Å². The largest absolute Gasteiger partial charge is 0.444 e. The summed E-state index contributed by atoms with van der Waals surface area (Å²) in [6, 6.07) is 0.0636. The number of amides is 1. The normalized spacial score (nSPS) is 18.4. The Morgan fingerprint density at radius 1 is 1.38 bits per heavy atom. The van der Waals surface area contributed by atoms with Gasteiger partial charge in [0.15, 0.2) is 0 Å². The first-order valence-corrected chi connectivity index (χ1v) is 8.34. The smallest absolute Gasteiger partial charge is 0.407 e. The molecule has 0 bridgehead atoms. The molecule has 0 saturated carbocycles. The molecule has 1 heterocycles. The summed E-state index contributed by atoms with van der Waals surface area (Å²) in [4.78, 5) is 16.2. The molecule has 134 valence electrons. The van der Waals surface area contributed by atoms with Crippen molar-refractivity contribution in [3.05, 3.63) is 24.3 Å². The molecule has 0 fully saturated rings. The molecule has 24 heavy (non-hydrogen) atoms. The summed E-state index contributed by atoms with van der Waals surface area (Å²) in [5.74, 6) is 0. The quantitative estimate of drug-likeness (QED) is 0.896. The molecule has 6 nitrogen and oxygen atoms in total. The Bertz CT molecular complexity index is 611. The predicted molar refractivity (Wildman–Crippen MR) is 93.7 cm³/mol. The van der Waals surface area contributed by atoms with Crippen LogP contribution in [0, 0.1) is 0 Å². The summed E-state index contributed by atoms with van der Waals surface area (Å²) in [6.07, 6.45) is 7.07. The van der Waals surface area contributed by atoms with Crippen molar-refractivity contribution in [3.8, 4) is 0 Å². The molecular weight excluding hydrogens is 306 g/mol. The number of hydrogen-bond acceptors (Lipinski definition) is 4. The Balaban J connectivity index is 1.97. The first kappa shape index (κ1) is 18.5. The van der Waals surface area contributed by atoms with Crippen molar-refractivity contribution in [2.75, 3.05) is 7.11 Å². The van der Waals surface area contributed by atoms with Crippen LogP contribution in [0.2, 0.25) is 0 Å². The molecule has 6 heteroatoms. The van der Waals surface area contributed by atoms with Crippen LogP contribution in [-0.2, 0) is 16.0 Å². The number of imidazole rings is 1. The molecule has 1 amide bonds. The Labute approximate surface area is 144 Å². The fraction of sp³-hybridized carbons (Fsp3) is 0.667. The molecule has 0 saturated heterocycles. The Hall–Kier alpha value is -1.82. The number of nitrogens with one attached hydrogen (secondary N) is 1. The first-order valence-electron chi connectivity index (χ1n) is 8.34. The van der Waals surface area contributed by atoms with E-state index in [9.17, 15) is 4.79 Å². The van der Waals surface area contributed by atoms with E-state index in [1.165, 1.54) is 5.57 Å². The van der Waals surface area contributed by atoms with E-state index in [1.807, 2.05) is 47.1 Å². The summed E-state index contributed by atoms with van der Waals surface area (Å²) in [5, 5.41) is 2.94. The number of aromatic nitrogens is 2. The van der Waals surface area contributed by atoms with Gasteiger partial charge in [0, 0.05) is 13.2 Å². The average Bonchev–Trinajstić information content (AvgIpc) is 3.05. The van der Waals surface area contributed by atoms with Crippen LogP contribution in [0.4, 0.5) is 4.79 Å². The van der Waals surface area contributed by atoms with Crippen molar-refractivity contribution in [3.63, 3.8) is 0 Å². The highest BCUT2D eigenvalue weighted by molar-refractivity contribution is 5.71. The van der Waals surface area contributed by atoms with Crippen molar-refractivity contribution in [2.45, 2.75) is 71.2 Å². The molecule has 2 rings (SSSR count). The minimum atomic E-state index is -0.483. The van der Waals surface area contributed by atoms with E-state index in [-0.39, 0.29) is 17.7 Å². The van der Waals surface area contributed by atoms with Gasteiger partial charge in [0.25, 0.3) is 0 Å². The molecule has 0 aliphatic heterocycles. The third kappa shape index (κ3) is 5.09. The minimum absolute atomic E-state index is 0.0636. The lowest BCUT2D eigenvalue weighted by Crippen LogP contribution is -2.38. The Morgan fingerprint density at radius 2 is 2.08 bits per heavy atom. The van der Waals surface area contributed by atoms with Crippen LogP contribution >= 0.6 is 0 Å². The fourth-order valence-corrected chi connectivity index (χ4v) is 2.70. The maximum Gasteiger partial charge on any atom is 0.407 e. The number of hydrogen-bond donors (Lipinski definition) is 1.